The first-order valence-electron chi connectivity index (χ1n) is 10.1. The fraction of sp³-hybridized carbons (Fsp3) is 0.429. The average Bonchev–Trinajstić information content (AvgIpc) is 3.22. The molecule has 164 valence electrons. The Morgan fingerprint density at radius 1 is 1.13 bits per heavy atom. The van der Waals surface area contributed by atoms with Crippen LogP contribution in [-0.4, -0.2) is 31.7 Å². The van der Waals surface area contributed by atoms with Crippen molar-refractivity contribution in [3.8, 4) is 0 Å². The van der Waals surface area contributed by atoms with Crippen LogP contribution >= 0.6 is 0 Å². The summed E-state index contributed by atoms with van der Waals surface area (Å²) >= 11 is 0. The van der Waals surface area contributed by atoms with E-state index in [-0.39, 0.29) is 29.0 Å². The quantitative estimate of drug-likeness (QED) is 0.575. The Hall–Kier alpha value is -3.56. The smallest absolute Gasteiger partial charge is 0.290 e. The molecule has 0 unspecified atom stereocenters. The molecule has 2 amide bonds. The standard InChI is InChI=1S/C21H26N6O4/c1-5-27-19(30)14-10-7-6-9-13(14)17(25-27)18(29)24-23-15(28)11-8-12-16-22-20(26-31-16)21(2,3)4/h6-7,9-10H,5,8,11-12H2,1-4H3,(H,23,28)(H,24,29). The zero-order valence-corrected chi connectivity index (χ0v) is 18.1. The Morgan fingerprint density at radius 2 is 1.84 bits per heavy atom. The van der Waals surface area contributed by atoms with Gasteiger partial charge in [-0.3, -0.25) is 25.2 Å². The second-order valence-corrected chi connectivity index (χ2v) is 8.13. The molecule has 0 saturated heterocycles. The molecule has 0 saturated carbocycles. The molecule has 0 bridgehead atoms. The van der Waals surface area contributed by atoms with Crippen LogP contribution in [0.15, 0.2) is 33.6 Å². The average molecular weight is 426 g/mol. The predicted molar refractivity (Wildman–Crippen MR) is 113 cm³/mol. The number of aromatic nitrogens is 4. The summed E-state index contributed by atoms with van der Waals surface area (Å²) in [6.45, 7) is 8.05. The summed E-state index contributed by atoms with van der Waals surface area (Å²) in [5.41, 5.74) is 4.34. The maximum Gasteiger partial charge on any atom is 0.290 e. The summed E-state index contributed by atoms with van der Waals surface area (Å²) in [4.78, 5) is 41.4. The fourth-order valence-corrected chi connectivity index (χ4v) is 2.93. The molecule has 3 rings (SSSR count). The minimum atomic E-state index is -0.599. The number of carbonyl (C=O) groups excluding carboxylic acids is 2. The lowest BCUT2D eigenvalue weighted by Gasteiger charge is -2.11. The Bertz CT molecular complexity index is 1160. The van der Waals surface area contributed by atoms with Crippen molar-refractivity contribution in [3.63, 3.8) is 0 Å². The van der Waals surface area contributed by atoms with Crippen LogP contribution in [0.4, 0.5) is 0 Å². The zero-order chi connectivity index (χ0) is 22.6. The number of amides is 2. The van der Waals surface area contributed by atoms with Crippen molar-refractivity contribution < 1.29 is 14.1 Å². The molecule has 0 fully saturated rings. The number of nitrogens with one attached hydrogen (secondary N) is 2. The van der Waals surface area contributed by atoms with Gasteiger partial charge in [-0.25, -0.2) is 4.68 Å². The van der Waals surface area contributed by atoms with E-state index < -0.39 is 5.91 Å². The highest BCUT2D eigenvalue weighted by molar-refractivity contribution is 6.05. The molecule has 0 spiro atoms. The van der Waals surface area contributed by atoms with E-state index in [0.717, 1.165) is 0 Å². The minimum Gasteiger partial charge on any atom is -0.339 e. The summed E-state index contributed by atoms with van der Waals surface area (Å²) in [6.07, 6.45) is 1.10. The van der Waals surface area contributed by atoms with Crippen molar-refractivity contribution in [1.29, 1.82) is 0 Å². The van der Waals surface area contributed by atoms with Gasteiger partial charge in [0.05, 0.1) is 5.39 Å². The maximum atomic E-state index is 12.6. The van der Waals surface area contributed by atoms with E-state index in [9.17, 15) is 14.4 Å². The van der Waals surface area contributed by atoms with Crippen molar-refractivity contribution in [3.05, 3.63) is 52.0 Å². The predicted octanol–water partition coefficient (Wildman–Crippen LogP) is 1.88. The monoisotopic (exact) mass is 426 g/mol. The number of nitrogens with zero attached hydrogens (tertiary/aromatic N) is 4. The third-order valence-electron chi connectivity index (χ3n) is 4.63. The van der Waals surface area contributed by atoms with E-state index >= 15 is 0 Å². The van der Waals surface area contributed by atoms with Crippen LogP contribution in [0.5, 0.6) is 0 Å². The van der Waals surface area contributed by atoms with Gasteiger partial charge in [0.15, 0.2) is 11.5 Å². The Morgan fingerprint density at radius 3 is 2.48 bits per heavy atom. The van der Waals surface area contributed by atoms with Crippen LogP contribution < -0.4 is 16.4 Å². The lowest BCUT2D eigenvalue weighted by molar-refractivity contribution is -0.121. The van der Waals surface area contributed by atoms with Gasteiger partial charge in [-0.2, -0.15) is 10.1 Å². The number of aryl methyl sites for hydroxylation is 2. The molecule has 3 aromatic rings. The van der Waals surface area contributed by atoms with E-state index in [1.165, 1.54) is 4.68 Å². The van der Waals surface area contributed by atoms with Gasteiger partial charge < -0.3 is 4.52 Å². The molecule has 2 N–H and O–H groups in total. The topological polar surface area (TPSA) is 132 Å². The van der Waals surface area contributed by atoms with Crippen LogP contribution in [0.25, 0.3) is 10.8 Å². The molecular formula is C21H26N6O4. The first-order valence-corrected chi connectivity index (χ1v) is 10.1. The molecular weight excluding hydrogens is 400 g/mol. The van der Waals surface area contributed by atoms with Crippen molar-refractivity contribution >= 4 is 22.6 Å². The largest absolute Gasteiger partial charge is 0.339 e. The minimum absolute atomic E-state index is 0.0675. The number of fused-ring (bicyclic) bond motifs is 1. The Kier molecular flexibility index (Phi) is 6.47. The number of benzene rings is 1. The second kappa shape index (κ2) is 9.07. The first-order chi connectivity index (χ1) is 14.7. The fourth-order valence-electron chi connectivity index (χ4n) is 2.93. The van der Waals surface area contributed by atoms with Crippen LogP contribution in [0, 0.1) is 0 Å². The zero-order valence-electron chi connectivity index (χ0n) is 18.1. The molecule has 2 heterocycles. The Balaban J connectivity index is 1.57. The molecule has 0 aliphatic heterocycles. The van der Waals surface area contributed by atoms with Crippen molar-refractivity contribution in [2.45, 2.75) is 58.9 Å². The molecule has 10 nitrogen and oxygen atoms in total. The molecule has 0 aliphatic rings. The van der Waals surface area contributed by atoms with Gasteiger partial charge in [0.1, 0.15) is 0 Å². The SMILES string of the molecule is CCn1nc(C(=O)NNC(=O)CCCc2nc(C(C)(C)C)no2)c2ccccc2c1=O. The van der Waals surface area contributed by atoms with Crippen LogP contribution in [0.3, 0.4) is 0 Å². The van der Waals surface area contributed by atoms with Gasteiger partial charge in [-0.15, -0.1) is 0 Å². The van der Waals surface area contributed by atoms with Crippen molar-refractivity contribution in [1.82, 2.24) is 30.8 Å². The molecule has 10 heteroatoms. The highest BCUT2D eigenvalue weighted by Gasteiger charge is 2.21. The summed E-state index contributed by atoms with van der Waals surface area (Å²) in [6, 6.07) is 6.74. The van der Waals surface area contributed by atoms with Gasteiger partial charge in [0, 0.05) is 30.2 Å². The van der Waals surface area contributed by atoms with Crippen LogP contribution in [0.2, 0.25) is 0 Å². The van der Waals surface area contributed by atoms with Gasteiger partial charge >= 0.3 is 0 Å². The highest BCUT2D eigenvalue weighted by atomic mass is 16.5. The van der Waals surface area contributed by atoms with Gasteiger partial charge in [-0.1, -0.05) is 44.1 Å². The summed E-state index contributed by atoms with van der Waals surface area (Å²) in [5, 5.41) is 8.90. The first kappa shape index (κ1) is 22.1. The second-order valence-electron chi connectivity index (χ2n) is 8.13. The van der Waals surface area contributed by atoms with Crippen LogP contribution in [0.1, 0.15) is 62.7 Å². The molecule has 2 aromatic heterocycles. The summed E-state index contributed by atoms with van der Waals surface area (Å²) < 4.78 is 6.42. The third-order valence-corrected chi connectivity index (χ3v) is 4.63. The summed E-state index contributed by atoms with van der Waals surface area (Å²) in [5.74, 6) is 0.127. The van der Waals surface area contributed by atoms with Gasteiger partial charge in [-0.05, 0) is 19.4 Å². The molecule has 0 radical (unpaired) electrons. The van der Waals surface area contributed by atoms with E-state index in [0.29, 0.717) is 41.9 Å². The van der Waals surface area contributed by atoms with E-state index in [1.54, 1.807) is 31.2 Å². The third kappa shape index (κ3) is 5.14. The van der Waals surface area contributed by atoms with E-state index in [1.807, 2.05) is 20.8 Å². The number of rotatable bonds is 6. The van der Waals surface area contributed by atoms with E-state index in [4.69, 9.17) is 4.52 Å². The number of hydrazine groups is 1. The Labute approximate surface area is 179 Å². The number of carbonyl (C=O) groups is 2. The summed E-state index contributed by atoms with van der Waals surface area (Å²) in [7, 11) is 0. The van der Waals surface area contributed by atoms with Crippen molar-refractivity contribution in [2.75, 3.05) is 0 Å². The number of hydrogen-bond acceptors (Lipinski definition) is 7. The van der Waals surface area contributed by atoms with Gasteiger partial charge in [0.25, 0.3) is 11.5 Å². The molecule has 31 heavy (non-hydrogen) atoms. The molecule has 0 aliphatic carbocycles. The lowest BCUT2D eigenvalue weighted by atomic mass is 9.96. The highest BCUT2D eigenvalue weighted by Crippen LogP contribution is 2.19. The maximum absolute atomic E-state index is 12.6. The van der Waals surface area contributed by atoms with Crippen LogP contribution in [-0.2, 0) is 23.2 Å². The van der Waals surface area contributed by atoms with E-state index in [2.05, 4.69) is 26.1 Å². The molecule has 1 aromatic carbocycles. The normalized spacial score (nSPS) is 11.5. The van der Waals surface area contributed by atoms with Gasteiger partial charge in [0.2, 0.25) is 11.8 Å². The lowest BCUT2D eigenvalue weighted by Crippen LogP contribution is -2.42. The van der Waals surface area contributed by atoms with Crippen molar-refractivity contribution in [2.24, 2.45) is 0 Å². The number of hydrogen-bond donors (Lipinski definition) is 2. The molecule has 0 atom stereocenters.